The van der Waals surface area contributed by atoms with Gasteiger partial charge in [-0.15, -0.1) is 0 Å². The van der Waals surface area contributed by atoms with Gasteiger partial charge < -0.3 is 23.5 Å². The highest BCUT2D eigenvalue weighted by atomic mass is 16.5. The molecule has 158 valence electrons. The fraction of sp³-hybridized carbons (Fsp3) is 0.375. The maximum Gasteiger partial charge on any atom is 0.260 e. The van der Waals surface area contributed by atoms with Crippen LogP contribution < -0.4 is 14.2 Å². The van der Waals surface area contributed by atoms with Gasteiger partial charge in [-0.05, 0) is 55.2 Å². The third-order valence-electron chi connectivity index (χ3n) is 5.58. The fourth-order valence-electron chi connectivity index (χ4n) is 3.93. The normalized spacial score (nSPS) is 13.0. The molecular weight excluding hydrogens is 382 g/mol. The van der Waals surface area contributed by atoms with Crippen molar-refractivity contribution in [3.63, 3.8) is 0 Å². The van der Waals surface area contributed by atoms with Crippen LogP contribution in [0.2, 0.25) is 0 Å². The van der Waals surface area contributed by atoms with Gasteiger partial charge in [-0.25, -0.2) is 0 Å². The van der Waals surface area contributed by atoms with Gasteiger partial charge >= 0.3 is 0 Å². The van der Waals surface area contributed by atoms with Crippen LogP contribution in [-0.2, 0) is 24.2 Å². The van der Waals surface area contributed by atoms with E-state index in [1.807, 2.05) is 36.4 Å². The maximum absolute atomic E-state index is 12.6. The van der Waals surface area contributed by atoms with Crippen LogP contribution in [0.4, 0.5) is 0 Å². The van der Waals surface area contributed by atoms with Crippen LogP contribution >= 0.6 is 0 Å². The molecule has 4 rings (SSSR count). The monoisotopic (exact) mass is 409 g/mol. The lowest BCUT2D eigenvalue weighted by Crippen LogP contribution is -2.30. The molecule has 1 aliphatic carbocycles. The van der Waals surface area contributed by atoms with Crippen molar-refractivity contribution < 1.29 is 23.4 Å². The van der Waals surface area contributed by atoms with Gasteiger partial charge in [-0.3, -0.25) is 4.79 Å². The van der Waals surface area contributed by atoms with Gasteiger partial charge in [0.25, 0.3) is 5.91 Å². The van der Waals surface area contributed by atoms with Crippen molar-refractivity contribution in [1.29, 1.82) is 0 Å². The molecule has 1 amide bonds. The SMILES string of the molecule is COc1ccc(CN(C)C(=O)COc2ccc3oc4c(c3c2)CCCC4)cc1OC. The zero-order valence-electron chi connectivity index (χ0n) is 17.7. The molecule has 0 unspecified atom stereocenters. The number of amides is 1. The molecule has 0 aliphatic heterocycles. The molecule has 0 N–H and O–H groups in total. The van der Waals surface area contributed by atoms with Crippen LogP contribution in [0.15, 0.2) is 40.8 Å². The lowest BCUT2D eigenvalue weighted by Gasteiger charge is -2.18. The van der Waals surface area contributed by atoms with E-state index in [0.29, 0.717) is 23.8 Å². The minimum Gasteiger partial charge on any atom is -0.493 e. The largest absolute Gasteiger partial charge is 0.493 e. The van der Waals surface area contributed by atoms with Crippen molar-refractivity contribution >= 4 is 16.9 Å². The number of benzene rings is 2. The second-order valence-electron chi connectivity index (χ2n) is 7.60. The molecule has 6 nitrogen and oxygen atoms in total. The molecule has 0 fully saturated rings. The molecule has 0 bridgehead atoms. The number of hydrogen-bond acceptors (Lipinski definition) is 5. The Morgan fingerprint density at radius 3 is 2.63 bits per heavy atom. The summed E-state index contributed by atoms with van der Waals surface area (Å²) in [5.41, 5.74) is 3.14. The van der Waals surface area contributed by atoms with Crippen molar-refractivity contribution in [2.24, 2.45) is 0 Å². The summed E-state index contributed by atoms with van der Waals surface area (Å²) < 4.78 is 22.3. The number of fused-ring (bicyclic) bond motifs is 3. The first-order valence-corrected chi connectivity index (χ1v) is 10.2. The Kier molecular flexibility index (Phi) is 5.84. The number of ether oxygens (including phenoxy) is 3. The minimum atomic E-state index is -0.0981. The van der Waals surface area contributed by atoms with E-state index < -0.39 is 0 Å². The van der Waals surface area contributed by atoms with E-state index in [4.69, 9.17) is 18.6 Å². The predicted octanol–water partition coefficient (Wildman–Crippen LogP) is 4.37. The Morgan fingerprint density at radius 1 is 1.03 bits per heavy atom. The van der Waals surface area contributed by atoms with Crippen LogP contribution in [0.1, 0.15) is 29.7 Å². The third kappa shape index (κ3) is 4.08. The number of methoxy groups -OCH3 is 2. The summed E-state index contributed by atoms with van der Waals surface area (Å²) in [5, 5.41) is 1.10. The summed E-state index contributed by atoms with van der Waals surface area (Å²) in [6, 6.07) is 11.4. The standard InChI is InChI=1S/C24H27NO5/c1-25(14-16-8-10-22(27-2)23(12-16)28-3)24(26)15-29-17-9-11-21-19(13-17)18-6-4-5-7-20(18)30-21/h8-13H,4-7,14-15H2,1-3H3. The summed E-state index contributed by atoms with van der Waals surface area (Å²) in [7, 11) is 4.96. The van der Waals surface area contributed by atoms with Crippen molar-refractivity contribution in [3.8, 4) is 17.2 Å². The average Bonchev–Trinajstić information content (AvgIpc) is 3.15. The molecule has 6 heteroatoms. The lowest BCUT2D eigenvalue weighted by atomic mass is 9.96. The topological polar surface area (TPSA) is 61.1 Å². The van der Waals surface area contributed by atoms with Gasteiger partial charge in [0.15, 0.2) is 18.1 Å². The molecule has 1 heterocycles. The molecule has 0 spiro atoms. The molecule has 1 aromatic heterocycles. The van der Waals surface area contributed by atoms with E-state index in [2.05, 4.69) is 0 Å². The van der Waals surface area contributed by atoms with Crippen molar-refractivity contribution in [3.05, 3.63) is 53.3 Å². The number of aryl methyl sites for hydroxylation is 2. The Bertz CT molecular complexity index is 1060. The summed E-state index contributed by atoms with van der Waals surface area (Å²) in [5.74, 6) is 2.99. The van der Waals surface area contributed by atoms with E-state index in [0.717, 1.165) is 35.1 Å². The Balaban J connectivity index is 1.39. The summed E-state index contributed by atoms with van der Waals surface area (Å²) >= 11 is 0. The number of hydrogen-bond donors (Lipinski definition) is 0. The van der Waals surface area contributed by atoms with Crippen molar-refractivity contribution in [2.75, 3.05) is 27.9 Å². The first kappa shape index (κ1) is 20.1. The van der Waals surface area contributed by atoms with E-state index in [1.165, 1.54) is 18.4 Å². The molecule has 0 saturated carbocycles. The quantitative estimate of drug-likeness (QED) is 0.580. The van der Waals surface area contributed by atoms with Gasteiger partial charge in [0, 0.05) is 31.0 Å². The molecular formula is C24H27NO5. The Morgan fingerprint density at radius 2 is 1.83 bits per heavy atom. The second-order valence-corrected chi connectivity index (χ2v) is 7.60. The highest BCUT2D eigenvalue weighted by Crippen LogP contribution is 2.34. The van der Waals surface area contributed by atoms with Crippen molar-refractivity contribution in [2.45, 2.75) is 32.2 Å². The lowest BCUT2D eigenvalue weighted by molar-refractivity contribution is -0.132. The highest BCUT2D eigenvalue weighted by molar-refractivity contribution is 5.84. The molecule has 0 atom stereocenters. The first-order chi connectivity index (χ1) is 14.6. The Labute approximate surface area is 176 Å². The number of carbonyl (C=O) groups excluding carboxylic acids is 1. The molecule has 2 aromatic carbocycles. The average molecular weight is 409 g/mol. The molecule has 0 saturated heterocycles. The van der Waals surface area contributed by atoms with Gasteiger partial charge in [-0.1, -0.05) is 6.07 Å². The van der Waals surface area contributed by atoms with E-state index >= 15 is 0 Å². The number of furan rings is 1. The van der Waals surface area contributed by atoms with Crippen LogP contribution in [-0.4, -0.2) is 38.7 Å². The number of likely N-dealkylation sites (N-methyl/N-ethyl adjacent to an activating group) is 1. The van der Waals surface area contributed by atoms with E-state index in [9.17, 15) is 4.79 Å². The summed E-state index contributed by atoms with van der Waals surface area (Å²) in [4.78, 5) is 14.2. The number of nitrogens with zero attached hydrogens (tertiary/aromatic N) is 1. The second kappa shape index (κ2) is 8.69. The predicted molar refractivity (Wildman–Crippen MR) is 114 cm³/mol. The minimum absolute atomic E-state index is 0.0185. The van der Waals surface area contributed by atoms with Gasteiger partial charge in [0.1, 0.15) is 17.1 Å². The molecule has 30 heavy (non-hydrogen) atoms. The Hall–Kier alpha value is -3.15. The first-order valence-electron chi connectivity index (χ1n) is 10.2. The number of rotatable bonds is 7. The smallest absolute Gasteiger partial charge is 0.260 e. The number of carbonyl (C=O) groups is 1. The van der Waals surface area contributed by atoms with Crippen LogP contribution in [0.3, 0.4) is 0 Å². The zero-order chi connectivity index (χ0) is 21.1. The van der Waals surface area contributed by atoms with Crippen LogP contribution in [0, 0.1) is 0 Å². The fourth-order valence-corrected chi connectivity index (χ4v) is 3.93. The maximum atomic E-state index is 12.6. The van der Waals surface area contributed by atoms with Gasteiger partial charge in [0.05, 0.1) is 14.2 Å². The van der Waals surface area contributed by atoms with Crippen LogP contribution in [0.25, 0.3) is 11.0 Å². The third-order valence-corrected chi connectivity index (χ3v) is 5.58. The van der Waals surface area contributed by atoms with Crippen LogP contribution in [0.5, 0.6) is 17.2 Å². The van der Waals surface area contributed by atoms with Crippen molar-refractivity contribution in [1.82, 2.24) is 4.90 Å². The summed E-state index contributed by atoms with van der Waals surface area (Å²) in [6.07, 6.45) is 4.40. The molecule has 0 radical (unpaired) electrons. The summed E-state index contributed by atoms with van der Waals surface area (Å²) in [6.45, 7) is 0.437. The molecule has 1 aliphatic rings. The van der Waals surface area contributed by atoms with E-state index in [1.54, 1.807) is 26.2 Å². The zero-order valence-corrected chi connectivity index (χ0v) is 17.7. The van der Waals surface area contributed by atoms with Gasteiger partial charge in [-0.2, -0.15) is 0 Å². The van der Waals surface area contributed by atoms with E-state index in [-0.39, 0.29) is 12.5 Å². The molecule has 3 aromatic rings. The highest BCUT2D eigenvalue weighted by Gasteiger charge is 2.18. The van der Waals surface area contributed by atoms with Gasteiger partial charge in [0.2, 0.25) is 0 Å².